The van der Waals surface area contributed by atoms with Gasteiger partial charge < -0.3 is 4.57 Å². The number of hydrogen-bond acceptors (Lipinski definition) is 3. The summed E-state index contributed by atoms with van der Waals surface area (Å²) in [7, 11) is 0. The standard InChI is InChI=1S/C60H41N5/c1-60(2)51-27-15-12-24-45(51)46-31-30-41(37-52(46)60)58-61-57(40-22-10-5-11-23-40)62-59(63-58)65-54-29-17-14-26-48(54)50-33-32-49-47-25-13-16-28-53(47)64(55(49)56(50)65)44-35-42(38-18-6-3-7-19-38)34-43(36-44)39-20-8-4-9-21-39/h3-37H,1-2H3. The topological polar surface area (TPSA) is 48.5 Å². The molecule has 0 fully saturated rings. The lowest BCUT2D eigenvalue weighted by atomic mass is 9.82. The summed E-state index contributed by atoms with van der Waals surface area (Å²) in [5, 5.41) is 4.58. The Morgan fingerprint density at radius 1 is 0.338 bits per heavy atom. The van der Waals surface area contributed by atoms with Crippen molar-refractivity contribution in [1.29, 1.82) is 0 Å². The Morgan fingerprint density at radius 2 is 0.831 bits per heavy atom. The number of benzene rings is 9. The maximum Gasteiger partial charge on any atom is 0.238 e. The molecule has 0 aliphatic heterocycles. The van der Waals surface area contributed by atoms with Crippen molar-refractivity contribution in [2.45, 2.75) is 19.3 Å². The van der Waals surface area contributed by atoms with Crippen LogP contribution in [0.5, 0.6) is 0 Å². The SMILES string of the molecule is CC1(C)c2ccccc2-c2ccc(-c3nc(-c4ccccc4)nc(-n4c5ccccc5c5ccc6c7ccccc7n(-c7cc(-c8ccccc8)cc(-c8ccccc8)c7)c6c54)n3)cc21. The molecule has 9 aromatic carbocycles. The summed E-state index contributed by atoms with van der Waals surface area (Å²) >= 11 is 0. The summed E-state index contributed by atoms with van der Waals surface area (Å²) in [6, 6.07) is 76.1. The molecular formula is C60H41N5. The van der Waals surface area contributed by atoms with Crippen LogP contribution in [-0.2, 0) is 5.41 Å². The molecule has 65 heavy (non-hydrogen) atoms. The van der Waals surface area contributed by atoms with Crippen molar-refractivity contribution in [2.75, 3.05) is 0 Å². The number of aromatic nitrogens is 5. The molecular weight excluding hydrogens is 791 g/mol. The quantitative estimate of drug-likeness (QED) is 0.168. The first-order valence-corrected chi connectivity index (χ1v) is 22.3. The van der Waals surface area contributed by atoms with Crippen molar-refractivity contribution in [1.82, 2.24) is 24.1 Å². The van der Waals surface area contributed by atoms with Gasteiger partial charge in [0, 0.05) is 43.8 Å². The van der Waals surface area contributed by atoms with Gasteiger partial charge in [-0.25, -0.2) is 4.98 Å². The van der Waals surface area contributed by atoms with Crippen LogP contribution >= 0.6 is 0 Å². The Balaban J connectivity index is 1.13. The monoisotopic (exact) mass is 831 g/mol. The Labute approximate surface area is 376 Å². The molecule has 3 heterocycles. The van der Waals surface area contributed by atoms with Crippen molar-refractivity contribution in [3.63, 3.8) is 0 Å². The predicted molar refractivity (Wildman–Crippen MR) is 268 cm³/mol. The third-order valence-corrected chi connectivity index (χ3v) is 13.6. The smallest absolute Gasteiger partial charge is 0.238 e. The van der Waals surface area contributed by atoms with Crippen LogP contribution in [-0.4, -0.2) is 24.1 Å². The first-order valence-electron chi connectivity index (χ1n) is 22.3. The van der Waals surface area contributed by atoms with Crippen LogP contribution in [0.2, 0.25) is 0 Å². The predicted octanol–water partition coefficient (Wildman–Crippen LogP) is 15.0. The van der Waals surface area contributed by atoms with E-state index in [0.717, 1.165) is 77.3 Å². The Bertz CT molecular complexity index is 3790. The molecule has 3 aromatic heterocycles. The summed E-state index contributed by atoms with van der Waals surface area (Å²) in [5.74, 6) is 1.82. The number of nitrogens with zero attached hydrogens (tertiary/aromatic N) is 5. The van der Waals surface area contributed by atoms with Crippen molar-refractivity contribution in [3.05, 3.63) is 223 Å². The van der Waals surface area contributed by atoms with Gasteiger partial charge in [0.2, 0.25) is 5.95 Å². The molecule has 12 aromatic rings. The maximum absolute atomic E-state index is 5.50. The number of para-hydroxylation sites is 2. The number of rotatable bonds is 6. The zero-order chi connectivity index (χ0) is 43.2. The highest BCUT2D eigenvalue weighted by Gasteiger charge is 2.35. The minimum Gasteiger partial charge on any atom is -0.307 e. The molecule has 0 amide bonds. The Morgan fingerprint density at radius 3 is 1.46 bits per heavy atom. The van der Waals surface area contributed by atoms with Crippen LogP contribution in [0.15, 0.2) is 212 Å². The van der Waals surface area contributed by atoms with E-state index in [1.807, 2.05) is 18.2 Å². The van der Waals surface area contributed by atoms with E-state index in [9.17, 15) is 0 Å². The number of hydrogen-bond donors (Lipinski definition) is 0. The molecule has 306 valence electrons. The largest absolute Gasteiger partial charge is 0.307 e. The van der Waals surface area contributed by atoms with Gasteiger partial charge in [0.25, 0.3) is 0 Å². The van der Waals surface area contributed by atoms with Gasteiger partial charge in [-0.3, -0.25) is 4.57 Å². The van der Waals surface area contributed by atoms with Crippen LogP contribution < -0.4 is 0 Å². The minimum atomic E-state index is -0.176. The normalized spacial score (nSPS) is 12.9. The molecule has 0 saturated carbocycles. The van der Waals surface area contributed by atoms with Crippen LogP contribution in [0.25, 0.3) is 111 Å². The molecule has 0 spiro atoms. The molecule has 5 nitrogen and oxygen atoms in total. The second-order valence-electron chi connectivity index (χ2n) is 17.6. The van der Waals surface area contributed by atoms with Gasteiger partial charge in [0.05, 0.1) is 22.1 Å². The van der Waals surface area contributed by atoms with Gasteiger partial charge in [-0.05, 0) is 80.9 Å². The Kier molecular flexibility index (Phi) is 8.18. The maximum atomic E-state index is 5.50. The third-order valence-electron chi connectivity index (χ3n) is 13.6. The minimum absolute atomic E-state index is 0.176. The zero-order valence-electron chi connectivity index (χ0n) is 35.9. The average Bonchev–Trinajstić information content (AvgIpc) is 3.97. The van der Waals surface area contributed by atoms with Crippen LogP contribution in [0.3, 0.4) is 0 Å². The van der Waals surface area contributed by atoms with Gasteiger partial charge in [0.15, 0.2) is 11.6 Å². The highest BCUT2D eigenvalue weighted by atomic mass is 15.2. The van der Waals surface area contributed by atoms with Gasteiger partial charge in [-0.2, -0.15) is 9.97 Å². The molecule has 0 unspecified atom stereocenters. The van der Waals surface area contributed by atoms with E-state index in [-0.39, 0.29) is 5.41 Å². The van der Waals surface area contributed by atoms with E-state index in [4.69, 9.17) is 15.0 Å². The van der Waals surface area contributed by atoms with E-state index in [1.54, 1.807) is 0 Å². The summed E-state index contributed by atoms with van der Waals surface area (Å²) in [6.45, 7) is 4.63. The first kappa shape index (κ1) is 37.2. The van der Waals surface area contributed by atoms with Crippen molar-refractivity contribution in [3.8, 4) is 67.8 Å². The van der Waals surface area contributed by atoms with Gasteiger partial charge in [0.1, 0.15) is 0 Å². The zero-order valence-corrected chi connectivity index (χ0v) is 35.9. The molecule has 0 radical (unpaired) electrons. The van der Waals surface area contributed by atoms with Gasteiger partial charge >= 0.3 is 0 Å². The van der Waals surface area contributed by atoms with Crippen molar-refractivity contribution >= 4 is 43.6 Å². The first-order chi connectivity index (χ1) is 32.0. The van der Waals surface area contributed by atoms with Crippen LogP contribution in [0, 0.1) is 0 Å². The molecule has 0 saturated heterocycles. The van der Waals surface area contributed by atoms with Gasteiger partial charge in [-0.1, -0.05) is 190 Å². The fourth-order valence-electron chi connectivity index (χ4n) is 10.5. The lowest BCUT2D eigenvalue weighted by molar-refractivity contribution is 0.660. The highest BCUT2D eigenvalue weighted by Crippen LogP contribution is 2.50. The van der Waals surface area contributed by atoms with E-state index in [2.05, 4.69) is 217 Å². The van der Waals surface area contributed by atoms with E-state index >= 15 is 0 Å². The van der Waals surface area contributed by atoms with Crippen molar-refractivity contribution in [2.24, 2.45) is 0 Å². The number of fused-ring (bicyclic) bond motifs is 10. The molecule has 1 aliphatic carbocycles. The molecule has 0 N–H and O–H groups in total. The lowest BCUT2D eigenvalue weighted by Gasteiger charge is -2.21. The molecule has 5 heteroatoms. The summed E-state index contributed by atoms with van der Waals surface area (Å²) in [4.78, 5) is 16.2. The molecule has 1 aliphatic rings. The van der Waals surface area contributed by atoms with Crippen LogP contribution in [0.4, 0.5) is 0 Å². The van der Waals surface area contributed by atoms with E-state index in [1.165, 1.54) is 27.6 Å². The summed E-state index contributed by atoms with van der Waals surface area (Å²) < 4.78 is 4.74. The average molecular weight is 832 g/mol. The second kappa shape index (κ2) is 14.3. The van der Waals surface area contributed by atoms with E-state index < -0.39 is 0 Å². The van der Waals surface area contributed by atoms with E-state index in [0.29, 0.717) is 17.6 Å². The Hall–Kier alpha value is -8.41. The lowest BCUT2D eigenvalue weighted by Crippen LogP contribution is -2.15. The van der Waals surface area contributed by atoms with Gasteiger partial charge in [-0.15, -0.1) is 0 Å². The summed E-state index contributed by atoms with van der Waals surface area (Å²) in [6.07, 6.45) is 0. The van der Waals surface area contributed by atoms with Crippen molar-refractivity contribution < 1.29 is 0 Å². The fraction of sp³-hybridized carbons (Fsp3) is 0.0500. The fourth-order valence-corrected chi connectivity index (χ4v) is 10.5. The van der Waals surface area contributed by atoms with Crippen LogP contribution in [0.1, 0.15) is 25.0 Å². The molecule has 0 atom stereocenters. The third kappa shape index (κ3) is 5.75. The highest BCUT2D eigenvalue weighted by molar-refractivity contribution is 6.23. The molecule has 0 bridgehead atoms. The summed E-state index contributed by atoms with van der Waals surface area (Å²) in [5.41, 5.74) is 16.8. The molecule has 13 rings (SSSR count). The second-order valence-corrected chi connectivity index (χ2v) is 17.6.